The molecule has 2 fully saturated rings. The Morgan fingerprint density at radius 2 is 2.00 bits per heavy atom. The second kappa shape index (κ2) is 3.70. The van der Waals surface area contributed by atoms with Crippen LogP contribution in [0.4, 0.5) is 0 Å². The van der Waals surface area contributed by atoms with Gasteiger partial charge in [0.25, 0.3) is 0 Å². The fraction of sp³-hybridized carbons (Fsp3) is 0.818. The number of hydrogen-bond donors (Lipinski definition) is 1. The van der Waals surface area contributed by atoms with Gasteiger partial charge < -0.3 is 10.0 Å². The molecule has 2 aliphatic rings. The van der Waals surface area contributed by atoms with E-state index in [9.17, 15) is 5.11 Å². The summed E-state index contributed by atoms with van der Waals surface area (Å²) < 4.78 is 0. The highest BCUT2D eigenvalue weighted by molar-refractivity contribution is 4.94. The fourth-order valence-electron chi connectivity index (χ4n) is 2.89. The highest BCUT2D eigenvalue weighted by Gasteiger charge is 2.36. The number of aliphatic hydroxyl groups is 1. The number of rotatable bonds is 1. The van der Waals surface area contributed by atoms with Crippen molar-refractivity contribution >= 4 is 0 Å². The molecule has 1 aliphatic heterocycles. The van der Waals surface area contributed by atoms with E-state index in [0.29, 0.717) is 12.0 Å². The molecule has 0 spiro atoms. The summed E-state index contributed by atoms with van der Waals surface area (Å²) in [4.78, 5) is 2.33. The van der Waals surface area contributed by atoms with E-state index in [-0.39, 0.29) is 6.10 Å². The van der Waals surface area contributed by atoms with E-state index >= 15 is 0 Å². The Hall–Kier alpha value is -0.500. The van der Waals surface area contributed by atoms with Crippen molar-refractivity contribution < 1.29 is 5.11 Å². The Morgan fingerprint density at radius 1 is 1.23 bits per heavy atom. The number of fused-ring (bicyclic) bond motifs is 1. The maximum atomic E-state index is 9.86. The van der Waals surface area contributed by atoms with Gasteiger partial charge in [-0.1, -0.05) is 19.4 Å². The minimum atomic E-state index is -0.0542. The monoisotopic (exact) mass is 181 g/mol. The van der Waals surface area contributed by atoms with E-state index in [2.05, 4.69) is 11.5 Å². The predicted molar refractivity (Wildman–Crippen MR) is 53.3 cm³/mol. The third kappa shape index (κ3) is 1.60. The molecule has 3 atom stereocenters. The van der Waals surface area contributed by atoms with E-state index in [1.54, 1.807) is 0 Å². The molecular weight excluding hydrogens is 162 g/mol. The average Bonchev–Trinajstić information content (AvgIpc) is 2.19. The van der Waals surface area contributed by atoms with Gasteiger partial charge in [0.1, 0.15) is 0 Å². The van der Waals surface area contributed by atoms with E-state index in [1.807, 2.05) is 6.20 Å². The normalized spacial score (nSPS) is 39.8. The first-order valence-electron chi connectivity index (χ1n) is 5.39. The minimum Gasteiger partial charge on any atom is -0.393 e. The van der Waals surface area contributed by atoms with Crippen molar-refractivity contribution in [2.45, 2.75) is 44.2 Å². The molecule has 3 unspecified atom stereocenters. The van der Waals surface area contributed by atoms with Gasteiger partial charge in [-0.3, -0.25) is 0 Å². The first kappa shape index (κ1) is 9.07. The number of likely N-dealkylation sites (tertiary alicyclic amines) is 1. The summed E-state index contributed by atoms with van der Waals surface area (Å²) in [6, 6.07) is 0.579. The van der Waals surface area contributed by atoms with Crippen LogP contribution in [0.2, 0.25) is 0 Å². The van der Waals surface area contributed by atoms with Crippen molar-refractivity contribution in [1.82, 2.24) is 4.90 Å². The molecule has 2 rings (SSSR count). The van der Waals surface area contributed by atoms with Crippen molar-refractivity contribution in [3.05, 3.63) is 12.8 Å². The molecule has 0 radical (unpaired) electrons. The molecule has 1 saturated carbocycles. The van der Waals surface area contributed by atoms with Gasteiger partial charge in [0, 0.05) is 18.5 Å². The third-order valence-corrected chi connectivity index (χ3v) is 3.62. The number of piperidine rings is 1. The molecule has 0 aromatic carbocycles. The standard InChI is InChI=1S/C11H19NO/c1-2-12-8-7-11(13)9-5-3-4-6-10(9)12/h2,9-11,13H,1,3-8H2. The molecule has 0 amide bonds. The Balaban J connectivity index is 2.09. The fourth-order valence-corrected chi connectivity index (χ4v) is 2.89. The lowest BCUT2D eigenvalue weighted by molar-refractivity contribution is -0.0164. The minimum absolute atomic E-state index is 0.0542. The molecule has 0 aromatic heterocycles. The molecule has 1 heterocycles. The number of hydrogen-bond acceptors (Lipinski definition) is 2. The smallest absolute Gasteiger partial charge is 0.0604 e. The van der Waals surface area contributed by atoms with E-state index in [4.69, 9.17) is 0 Å². The molecule has 1 saturated heterocycles. The summed E-state index contributed by atoms with van der Waals surface area (Å²) >= 11 is 0. The summed E-state index contributed by atoms with van der Waals surface area (Å²) in [6.07, 6.45) is 7.88. The predicted octanol–water partition coefficient (Wildman–Crippen LogP) is 1.76. The van der Waals surface area contributed by atoms with Crippen LogP contribution < -0.4 is 0 Å². The molecule has 2 nitrogen and oxygen atoms in total. The topological polar surface area (TPSA) is 23.5 Å². The van der Waals surface area contributed by atoms with E-state index in [1.165, 1.54) is 25.7 Å². The van der Waals surface area contributed by atoms with Crippen molar-refractivity contribution in [3.63, 3.8) is 0 Å². The van der Waals surface area contributed by atoms with Crippen LogP contribution in [0.5, 0.6) is 0 Å². The molecule has 13 heavy (non-hydrogen) atoms. The molecule has 0 bridgehead atoms. The SMILES string of the molecule is C=CN1CCC(O)C2CCCCC21. The quantitative estimate of drug-likeness (QED) is 0.666. The molecule has 74 valence electrons. The van der Waals surface area contributed by atoms with Gasteiger partial charge in [-0.05, 0) is 25.5 Å². The van der Waals surface area contributed by atoms with Crippen LogP contribution in [0.25, 0.3) is 0 Å². The van der Waals surface area contributed by atoms with E-state index < -0.39 is 0 Å². The van der Waals surface area contributed by atoms with Crippen LogP contribution in [-0.4, -0.2) is 28.7 Å². The maximum absolute atomic E-state index is 9.86. The zero-order valence-electron chi connectivity index (χ0n) is 8.15. The first-order valence-corrected chi connectivity index (χ1v) is 5.39. The van der Waals surface area contributed by atoms with Crippen LogP contribution in [-0.2, 0) is 0 Å². The second-order valence-electron chi connectivity index (χ2n) is 4.29. The van der Waals surface area contributed by atoms with Crippen LogP contribution in [0.15, 0.2) is 12.8 Å². The Morgan fingerprint density at radius 3 is 2.77 bits per heavy atom. The Labute approximate surface area is 80.2 Å². The number of aliphatic hydroxyl groups excluding tert-OH is 1. The van der Waals surface area contributed by atoms with Crippen LogP contribution in [0, 0.1) is 5.92 Å². The highest BCUT2D eigenvalue weighted by atomic mass is 16.3. The lowest BCUT2D eigenvalue weighted by Crippen LogP contribution is -2.50. The van der Waals surface area contributed by atoms with E-state index in [0.717, 1.165) is 13.0 Å². The van der Waals surface area contributed by atoms with Crippen molar-refractivity contribution in [1.29, 1.82) is 0 Å². The van der Waals surface area contributed by atoms with Gasteiger partial charge in [0.05, 0.1) is 6.10 Å². The summed E-state index contributed by atoms with van der Waals surface area (Å²) in [5, 5.41) is 9.86. The summed E-state index contributed by atoms with van der Waals surface area (Å²) in [5.74, 6) is 0.514. The zero-order chi connectivity index (χ0) is 9.26. The van der Waals surface area contributed by atoms with Crippen LogP contribution in [0.1, 0.15) is 32.1 Å². The molecular formula is C11H19NO. The summed E-state index contributed by atoms with van der Waals surface area (Å²) in [6.45, 7) is 4.84. The van der Waals surface area contributed by atoms with Crippen molar-refractivity contribution in [2.75, 3.05) is 6.54 Å². The van der Waals surface area contributed by atoms with Gasteiger partial charge in [0.2, 0.25) is 0 Å². The van der Waals surface area contributed by atoms with Crippen LogP contribution in [0.3, 0.4) is 0 Å². The molecule has 0 aromatic rings. The zero-order valence-corrected chi connectivity index (χ0v) is 8.15. The van der Waals surface area contributed by atoms with Crippen LogP contribution >= 0.6 is 0 Å². The molecule has 1 N–H and O–H groups in total. The average molecular weight is 181 g/mol. The Kier molecular flexibility index (Phi) is 2.58. The third-order valence-electron chi connectivity index (χ3n) is 3.62. The second-order valence-corrected chi connectivity index (χ2v) is 4.29. The maximum Gasteiger partial charge on any atom is 0.0604 e. The van der Waals surface area contributed by atoms with Gasteiger partial charge >= 0.3 is 0 Å². The largest absolute Gasteiger partial charge is 0.393 e. The highest BCUT2D eigenvalue weighted by Crippen LogP contribution is 2.35. The summed E-state index contributed by atoms with van der Waals surface area (Å²) in [7, 11) is 0. The molecule has 1 aliphatic carbocycles. The van der Waals surface area contributed by atoms with Gasteiger partial charge in [-0.2, -0.15) is 0 Å². The summed E-state index contributed by atoms with van der Waals surface area (Å²) in [5.41, 5.74) is 0. The molecule has 2 heteroatoms. The number of nitrogens with zero attached hydrogens (tertiary/aromatic N) is 1. The van der Waals surface area contributed by atoms with Gasteiger partial charge in [-0.15, -0.1) is 0 Å². The van der Waals surface area contributed by atoms with Crippen molar-refractivity contribution in [2.24, 2.45) is 5.92 Å². The lowest BCUT2D eigenvalue weighted by atomic mass is 9.77. The van der Waals surface area contributed by atoms with Gasteiger partial charge in [-0.25, -0.2) is 0 Å². The van der Waals surface area contributed by atoms with Crippen molar-refractivity contribution in [3.8, 4) is 0 Å². The Bertz CT molecular complexity index is 193. The first-order chi connectivity index (χ1) is 6.33. The van der Waals surface area contributed by atoms with Gasteiger partial charge in [0.15, 0.2) is 0 Å². The lowest BCUT2D eigenvalue weighted by Gasteiger charge is -2.46.